The van der Waals surface area contributed by atoms with E-state index in [1.165, 1.54) is 0 Å². The first-order valence-electron chi connectivity index (χ1n) is 11.5. The van der Waals surface area contributed by atoms with Crippen LogP contribution in [0.3, 0.4) is 0 Å². The summed E-state index contributed by atoms with van der Waals surface area (Å²) in [4.78, 5) is 12.4. The van der Waals surface area contributed by atoms with E-state index >= 15 is 0 Å². The highest BCUT2D eigenvalue weighted by atomic mass is 32.1. The standard InChI is InChI=1S/C27H23N3O4S2/c1-31-19-7-5-17(6-8-19)15-34-20-4-2-3-18(13-20)30-26-25-21(28-16-29-26)14-24(36-25)22-9-10-23(35-22)27-32-11-12-33-27/h2-10,13-14,16,27H,11-12,15H2,1H3,(H,28,29,30). The van der Waals surface area contributed by atoms with E-state index in [0.29, 0.717) is 19.8 Å². The van der Waals surface area contributed by atoms with Gasteiger partial charge in [-0.2, -0.15) is 0 Å². The summed E-state index contributed by atoms with van der Waals surface area (Å²) in [5.41, 5.74) is 2.87. The molecule has 0 bridgehead atoms. The molecule has 0 spiro atoms. The fourth-order valence-corrected chi connectivity index (χ4v) is 6.03. The zero-order valence-electron chi connectivity index (χ0n) is 19.5. The van der Waals surface area contributed by atoms with Gasteiger partial charge < -0.3 is 24.3 Å². The van der Waals surface area contributed by atoms with Gasteiger partial charge in [0.05, 0.1) is 35.4 Å². The van der Waals surface area contributed by atoms with E-state index in [-0.39, 0.29) is 6.29 Å². The minimum Gasteiger partial charge on any atom is -0.497 e. The number of nitrogens with zero attached hydrogens (tertiary/aromatic N) is 2. The minimum atomic E-state index is -0.255. The van der Waals surface area contributed by atoms with Gasteiger partial charge in [0.25, 0.3) is 0 Å². The number of benzene rings is 2. The fraction of sp³-hybridized carbons (Fsp3) is 0.185. The topological polar surface area (TPSA) is 74.7 Å². The average Bonchev–Trinajstić information content (AvgIpc) is 3.68. The summed E-state index contributed by atoms with van der Waals surface area (Å²) in [6, 6.07) is 22.0. The second-order valence-corrected chi connectivity index (χ2v) is 10.3. The van der Waals surface area contributed by atoms with Gasteiger partial charge in [-0.1, -0.05) is 18.2 Å². The largest absolute Gasteiger partial charge is 0.497 e. The minimum absolute atomic E-state index is 0.255. The van der Waals surface area contributed by atoms with Crippen LogP contribution in [0.4, 0.5) is 11.5 Å². The molecule has 0 atom stereocenters. The summed E-state index contributed by atoms with van der Waals surface area (Å²) in [6.07, 6.45) is 1.33. The summed E-state index contributed by atoms with van der Waals surface area (Å²) in [7, 11) is 1.66. The summed E-state index contributed by atoms with van der Waals surface area (Å²) in [6.45, 7) is 1.75. The van der Waals surface area contributed by atoms with Crippen molar-refractivity contribution in [2.24, 2.45) is 0 Å². The molecule has 182 valence electrons. The molecule has 2 aromatic carbocycles. The number of ether oxygens (including phenoxy) is 4. The molecule has 1 fully saturated rings. The molecule has 1 N–H and O–H groups in total. The quantitative estimate of drug-likeness (QED) is 0.243. The third-order valence-corrected chi connectivity index (χ3v) is 8.13. The van der Waals surface area contributed by atoms with E-state index in [2.05, 4.69) is 33.5 Å². The van der Waals surface area contributed by atoms with E-state index in [0.717, 1.165) is 53.4 Å². The van der Waals surface area contributed by atoms with Crippen LogP contribution in [0.25, 0.3) is 20.0 Å². The van der Waals surface area contributed by atoms with Gasteiger partial charge in [0.1, 0.15) is 24.4 Å². The van der Waals surface area contributed by atoms with Crippen LogP contribution < -0.4 is 14.8 Å². The lowest BCUT2D eigenvalue weighted by molar-refractivity contribution is -0.0413. The maximum atomic E-state index is 6.01. The van der Waals surface area contributed by atoms with Gasteiger partial charge in [0, 0.05) is 21.5 Å². The normalized spacial score (nSPS) is 13.8. The number of anilines is 2. The number of methoxy groups -OCH3 is 1. The van der Waals surface area contributed by atoms with E-state index in [1.807, 2.05) is 48.5 Å². The Morgan fingerprint density at radius 1 is 0.917 bits per heavy atom. The Hall–Kier alpha value is -3.50. The van der Waals surface area contributed by atoms with Crippen molar-refractivity contribution in [3.05, 3.63) is 83.5 Å². The molecule has 1 saturated heterocycles. The highest BCUT2D eigenvalue weighted by Gasteiger charge is 2.21. The lowest BCUT2D eigenvalue weighted by atomic mass is 10.2. The molecule has 5 aromatic rings. The molecule has 9 heteroatoms. The maximum absolute atomic E-state index is 6.01. The Balaban J connectivity index is 1.19. The summed E-state index contributed by atoms with van der Waals surface area (Å²) in [5, 5.41) is 3.44. The van der Waals surface area contributed by atoms with Gasteiger partial charge in [-0.15, -0.1) is 22.7 Å². The van der Waals surface area contributed by atoms with Crippen molar-refractivity contribution >= 4 is 44.4 Å². The molecule has 1 aliphatic rings. The molecule has 1 aliphatic heterocycles. The van der Waals surface area contributed by atoms with E-state index < -0.39 is 0 Å². The van der Waals surface area contributed by atoms with Gasteiger partial charge in [0.2, 0.25) is 0 Å². The van der Waals surface area contributed by atoms with E-state index in [4.69, 9.17) is 18.9 Å². The van der Waals surface area contributed by atoms with Gasteiger partial charge in [-0.25, -0.2) is 9.97 Å². The monoisotopic (exact) mass is 517 g/mol. The molecule has 7 nitrogen and oxygen atoms in total. The number of fused-ring (bicyclic) bond motifs is 1. The molecular weight excluding hydrogens is 494 g/mol. The molecule has 0 amide bonds. The van der Waals surface area contributed by atoms with Crippen LogP contribution in [0.5, 0.6) is 11.5 Å². The van der Waals surface area contributed by atoms with Gasteiger partial charge >= 0.3 is 0 Å². The molecule has 4 heterocycles. The van der Waals surface area contributed by atoms with Gasteiger partial charge in [0.15, 0.2) is 12.1 Å². The number of thiophene rings is 2. The lowest BCUT2D eigenvalue weighted by Crippen LogP contribution is -1.97. The molecular formula is C27H23N3O4S2. The van der Waals surface area contributed by atoms with Gasteiger partial charge in [-0.3, -0.25) is 0 Å². The van der Waals surface area contributed by atoms with Crippen LogP contribution in [0.1, 0.15) is 16.7 Å². The van der Waals surface area contributed by atoms with Crippen molar-refractivity contribution in [2.75, 3.05) is 25.6 Å². The first-order chi connectivity index (χ1) is 17.7. The Morgan fingerprint density at radius 3 is 2.61 bits per heavy atom. The van der Waals surface area contributed by atoms with Crippen molar-refractivity contribution in [3.8, 4) is 21.3 Å². The average molecular weight is 518 g/mol. The number of aromatic nitrogens is 2. The maximum Gasteiger partial charge on any atom is 0.193 e. The predicted octanol–water partition coefficient (Wildman–Crippen LogP) is 6.80. The van der Waals surface area contributed by atoms with Gasteiger partial charge in [-0.05, 0) is 48.0 Å². The third kappa shape index (κ3) is 4.91. The second kappa shape index (κ2) is 10.2. The van der Waals surface area contributed by atoms with Crippen molar-refractivity contribution in [2.45, 2.75) is 12.9 Å². The fourth-order valence-electron chi connectivity index (χ4n) is 3.89. The molecule has 0 saturated carbocycles. The molecule has 0 unspecified atom stereocenters. The highest BCUT2D eigenvalue weighted by molar-refractivity contribution is 7.26. The SMILES string of the molecule is COc1ccc(COc2cccc(Nc3ncnc4cc(-c5ccc(C6OCCO6)s5)sc34)c2)cc1. The first-order valence-corrected chi connectivity index (χ1v) is 13.1. The molecule has 0 radical (unpaired) electrons. The second-order valence-electron chi connectivity index (χ2n) is 8.11. The molecule has 36 heavy (non-hydrogen) atoms. The van der Waals surface area contributed by atoms with Crippen LogP contribution in [-0.2, 0) is 16.1 Å². The van der Waals surface area contributed by atoms with E-state index in [9.17, 15) is 0 Å². The number of hydrogen-bond donors (Lipinski definition) is 1. The number of hydrogen-bond acceptors (Lipinski definition) is 9. The summed E-state index contributed by atoms with van der Waals surface area (Å²) in [5.74, 6) is 2.37. The third-order valence-electron chi connectivity index (χ3n) is 5.70. The van der Waals surface area contributed by atoms with Crippen molar-refractivity contribution in [1.82, 2.24) is 9.97 Å². The summed E-state index contributed by atoms with van der Waals surface area (Å²) >= 11 is 3.35. The van der Waals surface area contributed by atoms with Crippen LogP contribution >= 0.6 is 22.7 Å². The zero-order valence-corrected chi connectivity index (χ0v) is 21.1. The number of nitrogens with one attached hydrogen (secondary N) is 1. The Kier molecular flexibility index (Phi) is 6.52. The van der Waals surface area contributed by atoms with Crippen LogP contribution in [0.2, 0.25) is 0 Å². The van der Waals surface area contributed by atoms with Crippen molar-refractivity contribution in [3.63, 3.8) is 0 Å². The van der Waals surface area contributed by atoms with E-state index in [1.54, 1.807) is 36.1 Å². The predicted molar refractivity (Wildman–Crippen MR) is 142 cm³/mol. The Morgan fingerprint density at radius 2 is 1.78 bits per heavy atom. The van der Waals surface area contributed by atoms with Crippen LogP contribution in [0, 0.1) is 0 Å². The lowest BCUT2D eigenvalue weighted by Gasteiger charge is -2.10. The Bertz CT molecular complexity index is 1480. The molecule has 6 rings (SSSR count). The summed E-state index contributed by atoms with van der Waals surface area (Å²) < 4.78 is 23.5. The van der Waals surface area contributed by atoms with Crippen LogP contribution in [-0.4, -0.2) is 30.3 Å². The van der Waals surface area contributed by atoms with Crippen LogP contribution in [0.15, 0.2) is 73.1 Å². The first kappa shape index (κ1) is 22.9. The highest BCUT2D eigenvalue weighted by Crippen LogP contribution is 2.41. The molecule has 3 aromatic heterocycles. The number of rotatable bonds is 8. The Labute approximate surface area is 216 Å². The molecule has 0 aliphatic carbocycles. The zero-order chi connectivity index (χ0) is 24.3. The smallest absolute Gasteiger partial charge is 0.193 e. The van der Waals surface area contributed by atoms with Crippen molar-refractivity contribution < 1.29 is 18.9 Å². The van der Waals surface area contributed by atoms with Crippen molar-refractivity contribution in [1.29, 1.82) is 0 Å².